The lowest BCUT2D eigenvalue weighted by Crippen LogP contribution is -2.30. The van der Waals surface area contributed by atoms with Crippen LogP contribution >= 0.6 is 11.6 Å². The lowest BCUT2D eigenvalue weighted by atomic mass is 10.1. The topological polar surface area (TPSA) is 50.2 Å². The van der Waals surface area contributed by atoms with Crippen molar-refractivity contribution in [2.45, 2.75) is 19.9 Å². The zero-order valence-corrected chi connectivity index (χ0v) is 16.0. The van der Waals surface area contributed by atoms with E-state index in [-0.39, 0.29) is 5.91 Å². The summed E-state index contributed by atoms with van der Waals surface area (Å²) in [7, 11) is 3.89. The number of hydrogen-bond donors (Lipinski definition) is 1. The highest BCUT2D eigenvalue weighted by atomic mass is 35.5. The normalized spacial score (nSPS) is 11.3. The molecule has 5 nitrogen and oxygen atoms in total. The average molecular weight is 371 g/mol. The number of aryl methyl sites for hydroxylation is 2. The van der Waals surface area contributed by atoms with Crippen LogP contribution in [0.1, 0.15) is 18.3 Å². The minimum absolute atomic E-state index is 0.0322. The van der Waals surface area contributed by atoms with Crippen LogP contribution in [0, 0.1) is 0 Å². The number of benzene rings is 2. The fourth-order valence-corrected chi connectivity index (χ4v) is 3.21. The molecule has 0 aliphatic heterocycles. The first-order chi connectivity index (χ1) is 12.5. The molecule has 0 aliphatic carbocycles. The van der Waals surface area contributed by atoms with Crippen LogP contribution in [-0.2, 0) is 24.8 Å². The highest BCUT2D eigenvalue weighted by molar-refractivity contribution is 6.31. The molecule has 0 aliphatic rings. The molecule has 3 aromatic rings. The van der Waals surface area contributed by atoms with Crippen LogP contribution in [0.25, 0.3) is 11.0 Å². The fraction of sp³-hybridized carbons (Fsp3) is 0.300. The second kappa shape index (κ2) is 7.89. The highest BCUT2D eigenvalue weighted by Crippen LogP contribution is 2.20. The molecule has 0 spiro atoms. The van der Waals surface area contributed by atoms with Gasteiger partial charge in [0.1, 0.15) is 5.82 Å². The lowest BCUT2D eigenvalue weighted by Gasteiger charge is -2.17. The Bertz CT molecular complexity index is 935. The van der Waals surface area contributed by atoms with Gasteiger partial charge in [-0.15, -0.1) is 0 Å². The lowest BCUT2D eigenvalue weighted by molar-refractivity contribution is -0.117. The monoisotopic (exact) mass is 370 g/mol. The van der Waals surface area contributed by atoms with Gasteiger partial charge in [0, 0.05) is 17.8 Å². The van der Waals surface area contributed by atoms with E-state index in [2.05, 4.69) is 17.2 Å². The number of rotatable bonds is 6. The number of hydrogen-bond acceptors (Lipinski definition) is 3. The Balaban J connectivity index is 1.66. The Labute approximate surface area is 158 Å². The molecule has 1 heterocycles. The van der Waals surface area contributed by atoms with Gasteiger partial charge in [-0.2, -0.15) is 0 Å². The van der Waals surface area contributed by atoms with Crippen LogP contribution < -0.4 is 5.32 Å². The van der Waals surface area contributed by atoms with Crippen molar-refractivity contribution in [1.29, 1.82) is 0 Å². The number of para-hydroxylation sites is 1. The van der Waals surface area contributed by atoms with Crippen LogP contribution in [0.5, 0.6) is 0 Å². The summed E-state index contributed by atoms with van der Waals surface area (Å²) < 4.78 is 2.03. The number of carbonyl (C=O) groups is 1. The molecule has 0 atom stereocenters. The van der Waals surface area contributed by atoms with E-state index >= 15 is 0 Å². The fourth-order valence-electron chi connectivity index (χ4n) is 3.05. The minimum atomic E-state index is -0.0322. The Morgan fingerprint density at radius 1 is 1.27 bits per heavy atom. The molecule has 0 saturated heterocycles. The molecule has 0 fully saturated rings. The maximum absolute atomic E-state index is 12.4. The Morgan fingerprint density at radius 2 is 2.04 bits per heavy atom. The highest BCUT2D eigenvalue weighted by Gasteiger charge is 2.13. The molecule has 1 N–H and O–H groups in total. The molecule has 0 unspecified atom stereocenters. The number of nitrogens with one attached hydrogen (secondary N) is 1. The Morgan fingerprint density at radius 3 is 2.81 bits per heavy atom. The van der Waals surface area contributed by atoms with Crippen LogP contribution in [0.4, 0.5) is 5.69 Å². The van der Waals surface area contributed by atoms with E-state index in [9.17, 15) is 4.79 Å². The Kier molecular flexibility index (Phi) is 5.59. The third-order valence-electron chi connectivity index (χ3n) is 4.43. The smallest absolute Gasteiger partial charge is 0.238 e. The van der Waals surface area contributed by atoms with Crippen LogP contribution in [0.15, 0.2) is 42.5 Å². The van der Waals surface area contributed by atoms with Crippen molar-refractivity contribution >= 4 is 34.2 Å². The average Bonchev–Trinajstić information content (AvgIpc) is 2.90. The van der Waals surface area contributed by atoms with Gasteiger partial charge in [-0.1, -0.05) is 36.7 Å². The van der Waals surface area contributed by atoms with Gasteiger partial charge in [0.25, 0.3) is 0 Å². The van der Waals surface area contributed by atoms with Crippen molar-refractivity contribution in [1.82, 2.24) is 14.5 Å². The van der Waals surface area contributed by atoms with E-state index < -0.39 is 0 Å². The van der Waals surface area contributed by atoms with Crippen molar-refractivity contribution in [2.75, 3.05) is 18.9 Å². The molecular formula is C20H23ClN4O. The summed E-state index contributed by atoms with van der Waals surface area (Å²) in [5, 5.41) is 3.67. The molecule has 1 aromatic heterocycles. The quantitative estimate of drug-likeness (QED) is 0.716. The molecule has 26 heavy (non-hydrogen) atoms. The predicted octanol–water partition coefficient (Wildman–Crippen LogP) is 3.86. The summed E-state index contributed by atoms with van der Waals surface area (Å²) in [6.07, 6.45) is 0.884. The second-order valence-electron chi connectivity index (χ2n) is 6.45. The van der Waals surface area contributed by atoms with Gasteiger partial charge in [-0.3, -0.25) is 9.69 Å². The van der Waals surface area contributed by atoms with Gasteiger partial charge in [-0.25, -0.2) is 4.98 Å². The summed E-state index contributed by atoms with van der Waals surface area (Å²) >= 11 is 6.04. The van der Waals surface area contributed by atoms with Crippen LogP contribution in [-0.4, -0.2) is 34.0 Å². The summed E-state index contributed by atoms with van der Waals surface area (Å²) in [5.74, 6) is 0.863. The number of halogens is 1. The van der Waals surface area contributed by atoms with Crippen LogP contribution in [0.2, 0.25) is 5.02 Å². The van der Waals surface area contributed by atoms with Crippen LogP contribution in [0.3, 0.4) is 0 Å². The molecule has 3 rings (SSSR count). The summed E-state index contributed by atoms with van der Waals surface area (Å²) in [4.78, 5) is 19.0. The molecule has 0 saturated carbocycles. The number of nitrogens with zero attached hydrogens (tertiary/aromatic N) is 3. The number of amides is 1. The molecule has 2 aromatic carbocycles. The molecule has 0 radical (unpaired) electrons. The van der Waals surface area contributed by atoms with E-state index in [1.54, 1.807) is 0 Å². The third-order valence-corrected chi connectivity index (χ3v) is 4.67. The molecule has 1 amide bonds. The van der Waals surface area contributed by atoms with Crippen molar-refractivity contribution in [3.8, 4) is 0 Å². The molecule has 0 bridgehead atoms. The molecule has 136 valence electrons. The van der Waals surface area contributed by atoms with Crippen molar-refractivity contribution < 1.29 is 4.79 Å². The zero-order chi connectivity index (χ0) is 18.7. The number of anilines is 1. The van der Waals surface area contributed by atoms with Gasteiger partial charge in [0.2, 0.25) is 5.91 Å². The largest absolute Gasteiger partial charge is 0.330 e. The van der Waals surface area contributed by atoms with Crippen molar-refractivity contribution in [3.63, 3.8) is 0 Å². The van der Waals surface area contributed by atoms with Gasteiger partial charge >= 0.3 is 0 Å². The molecule has 6 heteroatoms. The maximum atomic E-state index is 12.4. The van der Waals surface area contributed by atoms with Crippen molar-refractivity contribution in [2.24, 2.45) is 7.05 Å². The van der Waals surface area contributed by atoms with Crippen molar-refractivity contribution in [3.05, 3.63) is 58.9 Å². The summed E-state index contributed by atoms with van der Waals surface area (Å²) in [6.45, 7) is 2.95. The number of carbonyl (C=O) groups excluding carboxylic acids is 1. The van der Waals surface area contributed by atoms with Gasteiger partial charge in [-0.05, 0) is 43.3 Å². The van der Waals surface area contributed by atoms with Gasteiger partial charge in [0.05, 0.1) is 24.1 Å². The standard InChI is InChI=1S/C20H23ClN4O/c1-4-14-7-5-6-8-16(14)23-20(26)13-24(2)12-19-22-17-11-15(21)9-10-18(17)25(19)3/h5-11H,4,12-13H2,1-3H3,(H,23,26). The number of fused-ring (bicyclic) bond motifs is 1. The predicted molar refractivity (Wildman–Crippen MR) is 107 cm³/mol. The Hall–Kier alpha value is -2.37. The maximum Gasteiger partial charge on any atom is 0.238 e. The van der Waals surface area contributed by atoms with E-state index in [1.165, 1.54) is 0 Å². The van der Waals surface area contributed by atoms with E-state index in [0.717, 1.165) is 34.5 Å². The van der Waals surface area contributed by atoms with E-state index in [0.29, 0.717) is 18.1 Å². The third kappa shape index (κ3) is 4.06. The molecular weight excluding hydrogens is 348 g/mol. The summed E-state index contributed by atoms with van der Waals surface area (Å²) in [6, 6.07) is 13.6. The van der Waals surface area contributed by atoms with E-state index in [4.69, 9.17) is 11.6 Å². The minimum Gasteiger partial charge on any atom is -0.330 e. The summed E-state index contributed by atoms with van der Waals surface area (Å²) in [5.41, 5.74) is 3.91. The first-order valence-corrected chi connectivity index (χ1v) is 9.03. The SMILES string of the molecule is CCc1ccccc1NC(=O)CN(C)Cc1nc2cc(Cl)ccc2n1C. The first-order valence-electron chi connectivity index (χ1n) is 8.65. The first kappa shape index (κ1) is 18.4. The number of imidazole rings is 1. The zero-order valence-electron chi connectivity index (χ0n) is 15.3. The number of aromatic nitrogens is 2. The number of likely N-dealkylation sites (N-methyl/N-ethyl adjacent to an activating group) is 1. The van der Waals surface area contributed by atoms with E-state index in [1.807, 2.05) is 66.0 Å². The van der Waals surface area contributed by atoms with Gasteiger partial charge in [0.15, 0.2) is 0 Å². The second-order valence-corrected chi connectivity index (χ2v) is 6.89. The van der Waals surface area contributed by atoms with Gasteiger partial charge < -0.3 is 9.88 Å².